The Balaban J connectivity index is 0.000000689. The van der Waals surface area contributed by atoms with Gasteiger partial charge in [0.15, 0.2) is 0 Å². The third-order valence-electron chi connectivity index (χ3n) is 27.6. The second-order valence-electron chi connectivity index (χ2n) is 48.9. The molecule has 750 valence electrons. The van der Waals surface area contributed by atoms with E-state index in [1.165, 1.54) is 199 Å². The molecule has 11 aliphatic carbocycles. The molecular formula is C108H213Cl3F3N3O8. The van der Waals surface area contributed by atoms with E-state index < -0.39 is 21.0 Å². The summed E-state index contributed by atoms with van der Waals surface area (Å²) < 4.78 is 81.9. The van der Waals surface area contributed by atoms with Gasteiger partial charge in [0.05, 0.1) is 103 Å². The lowest BCUT2D eigenvalue weighted by Gasteiger charge is -2.43. The molecule has 0 aromatic heterocycles. The molecule has 11 rings (SSSR count). The summed E-state index contributed by atoms with van der Waals surface area (Å²) in [5.74, 6) is 8.27. The Morgan fingerprint density at radius 2 is 0.712 bits per heavy atom. The molecule has 13 unspecified atom stereocenters. The van der Waals surface area contributed by atoms with Crippen molar-refractivity contribution >= 4 is 34.8 Å². The molecule has 0 aromatic carbocycles. The van der Waals surface area contributed by atoms with Gasteiger partial charge in [0.25, 0.3) is 0 Å². The van der Waals surface area contributed by atoms with E-state index in [1.807, 2.05) is 27.7 Å². The van der Waals surface area contributed by atoms with Gasteiger partial charge in [-0.25, -0.2) is 0 Å². The molecule has 11 aliphatic rings. The van der Waals surface area contributed by atoms with E-state index in [-0.39, 0.29) is 11.6 Å². The molecule has 0 heterocycles. The first-order valence-corrected chi connectivity index (χ1v) is 52.9. The van der Waals surface area contributed by atoms with E-state index in [0.29, 0.717) is 131 Å². The molecule has 0 amide bonds. The Labute approximate surface area is 790 Å². The molecule has 0 spiro atoms. The number of hydrogen-bond acceptors (Lipinski definition) is 11. The summed E-state index contributed by atoms with van der Waals surface area (Å²) in [6, 6.07) is 0.738. The summed E-state index contributed by atoms with van der Waals surface area (Å²) in [5.41, 5.74) is -0.0868. The molecule has 0 aliphatic heterocycles. The Bertz CT molecular complexity index is 2610. The number of fused-ring (bicyclic) bond motifs is 6. The van der Waals surface area contributed by atoms with Crippen molar-refractivity contribution in [3.05, 3.63) is 0 Å². The standard InChI is InChI=1S/C13H24O.C13H26O.C11H22O.2C10H18O.3C10H20O.C7H14Cl3N.C7H14F3N.C7H17N/c1-9(2)14-11-12(3,4)10-6-7-13(11,5)8-10;1-10(2)14-12-8-6-11(7-9-12)13(3,4)5;1-9(2)12-10-5-7-11(3,4)8-6-10;2*1-7(2)11-10-6-8-3-4-9(10)5-8;1-8(2)11-10-6-4-9(3)5-7-10;1-8(2)11-10-6-4-5-9(3)7-10;1-8(2)11-10-7-5-4-6-9(10)3;2*1-5(2)11-6(3,4)7(8,9)10;1-6(2)8-7(3,4)5/h9-11H,6-8H2,1-5H3;10-12H,6-9H2,1-5H3;9-10H,5-8H2,1-4H3;2*7-10H,3-6H2,1-2H3;3*8-10H,4-7H2,1-3H3;2*5,11H,1-4H3;6,8H,1-5H3. The SMILES string of the molecule is CC(C)NC(C)(C)C.CC(C)NC(C)(C)C(Cl)(Cl)Cl.CC(C)NC(C)(C)C(F)(F)F.CC(C)OC1C2(C)CCC(C2)C1(C)C.CC(C)OC1CC2CCC1C2.CC(C)OC1CC2CCC1C2.CC(C)OC1CCC(C(C)(C)C)CC1.CC(C)OC1CCC(C)(C)CC1.CC(C)OC1CCCCC1C.CC1CCC(OC(C)C)CC1.CC1CCCC(OC(C)C)C1. The summed E-state index contributed by atoms with van der Waals surface area (Å²) in [6.45, 7) is 84.4. The maximum atomic E-state index is 12.1. The molecular weight excluding hydrogens is 1630 g/mol. The smallest absolute Gasteiger partial charge is 0.376 e. The van der Waals surface area contributed by atoms with Crippen LogP contribution in [-0.2, 0) is 37.9 Å². The zero-order valence-electron chi connectivity index (χ0n) is 89.6. The average Bonchev–Trinajstić information content (AvgIpc) is 1.57. The van der Waals surface area contributed by atoms with Crippen LogP contribution in [0, 0.1) is 74.9 Å². The third-order valence-corrected chi connectivity index (χ3v) is 29.0. The minimum atomic E-state index is -4.18. The highest BCUT2D eigenvalue weighted by Gasteiger charge is 2.60. The van der Waals surface area contributed by atoms with Gasteiger partial charge in [0.2, 0.25) is 3.79 Å². The molecule has 11 fully saturated rings. The number of ether oxygens (including phenoxy) is 8. The fourth-order valence-corrected chi connectivity index (χ4v) is 21.7. The van der Waals surface area contributed by atoms with Crippen molar-refractivity contribution in [2.24, 2.45) is 74.9 Å². The van der Waals surface area contributed by atoms with Crippen LogP contribution < -0.4 is 16.0 Å². The van der Waals surface area contributed by atoms with Crippen molar-refractivity contribution in [1.82, 2.24) is 16.0 Å². The second-order valence-corrected chi connectivity index (χ2v) is 51.2. The van der Waals surface area contributed by atoms with Gasteiger partial charge >= 0.3 is 6.18 Å². The highest BCUT2D eigenvalue weighted by Crippen LogP contribution is 2.64. The lowest BCUT2D eigenvalue weighted by molar-refractivity contribution is -0.187. The number of nitrogens with one attached hydrogen (secondary N) is 3. The van der Waals surface area contributed by atoms with E-state index in [1.54, 1.807) is 13.8 Å². The van der Waals surface area contributed by atoms with Crippen molar-refractivity contribution in [3.63, 3.8) is 0 Å². The topological polar surface area (TPSA) is 110 Å². The first-order valence-electron chi connectivity index (χ1n) is 51.8. The monoisotopic (exact) mass is 1840 g/mol. The predicted molar refractivity (Wildman–Crippen MR) is 536 cm³/mol. The highest BCUT2D eigenvalue weighted by molar-refractivity contribution is 6.68. The summed E-state index contributed by atoms with van der Waals surface area (Å²) >= 11 is 17.2. The summed E-state index contributed by atoms with van der Waals surface area (Å²) in [5, 5.41) is 8.98. The van der Waals surface area contributed by atoms with Gasteiger partial charge in [-0.15, -0.1) is 0 Å². The van der Waals surface area contributed by atoms with Gasteiger partial charge in [-0.05, 0) is 408 Å². The number of alkyl halides is 6. The Kier molecular flexibility index (Phi) is 57.2. The fraction of sp³-hybridized carbons (Fsp3) is 1.00. The van der Waals surface area contributed by atoms with Crippen LogP contribution in [0.2, 0.25) is 0 Å². The molecule has 17 heteroatoms. The van der Waals surface area contributed by atoms with E-state index in [9.17, 15) is 13.2 Å². The fourth-order valence-electron chi connectivity index (χ4n) is 21.6. The van der Waals surface area contributed by atoms with Gasteiger partial charge < -0.3 is 53.8 Å². The van der Waals surface area contributed by atoms with E-state index >= 15 is 0 Å². The zero-order chi connectivity index (χ0) is 96.4. The van der Waals surface area contributed by atoms with Crippen molar-refractivity contribution in [3.8, 4) is 0 Å². The van der Waals surface area contributed by atoms with Crippen LogP contribution >= 0.6 is 34.8 Å². The predicted octanol–water partition coefficient (Wildman–Crippen LogP) is 32.4. The van der Waals surface area contributed by atoms with Crippen LogP contribution in [-0.4, -0.2) is 142 Å². The molecule has 11 saturated carbocycles. The lowest BCUT2D eigenvalue weighted by Crippen LogP contribution is -2.54. The quantitative estimate of drug-likeness (QED) is 0.0956. The normalized spacial score (nSPS) is 30.1. The van der Waals surface area contributed by atoms with Gasteiger partial charge in [-0.2, -0.15) is 13.2 Å². The molecule has 0 radical (unpaired) electrons. The first kappa shape index (κ1) is 123. The summed E-state index contributed by atoms with van der Waals surface area (Å²) in [6.07, 6.45) is 45.5. The molecule has 3 N–H and O–H groups in total. The van der Waals surface area contributed by atoms with Gasteiger partial charge in [-0.1, -0.05) is 178 Å². The van der Waals surface area contributed by atoms with Crippen LogP contribution in [0.15, 0.2) is 0 Å². The van der Waals surface area contributed by atoms with Gasteiger partial charge in [0, 0.05) is 23.7 Å². The maximum absolute atomic E-state index is 12.1. The van der Waals surface area contributed by atoms with E-state index in [4.69, 9.17) is 72.7 Å². The largest absolute Gasteiger partial charge is 0.406 e. The van der Waals surface area contributed by atoms with Crippen LogP contribution in [0.4, 0.5) is 13.2 Å². The van der Waals surface area contributed by atoms with Crippen LogP contribution in [0.5, 0.6) is 0 Å². The first-order chi connectivity index (χ1) is 57.1. The number of rotatable bonds is 21. The van der Waals surface area contributed by atoms with Crippen LogP contribution in [0.1, 0.15) is 476 Å². The van der Waals surface area contributed by atoms with Gasteiger partial charge in [0.1, 0.15) is 5.54 Å². The minimum absolute atomic E-state index is 0.161. The van der Waals surface area contributed by atoms with Crippen LogP contribution in [0.25, 0.3) is 0 Å². The van der Waals surface area contributed by atoms with E-state index in [0.717, 1.165) is 67.1 Å². The molecule has 13 atom stereocenters. The minimum Gasteiger partial charge on any atom is -0.376 e. The lowest BCUT2D eigenvalue weighted by atomic mass is 9.70. The molecule has 125 heavy (non-hydrogen) atoms. The van der Waals surface area contributed by atoms with Crippen molar-refractivity contribution < 1.29 is 51.1 Å². The summed E-state index contributed by atoms with van der Waals surface area (Å²) in [7, 11) is 0. The number of halogens is 6. The Morgan fingerprint density at radius 3 is 1.01 bits per heavy atom. The third kappa shape index (κ3) is 52.9. The Morgan fingerprint density at radius 1 is 0.336 bits per heavy atom. The highest BCUT2D eigenvalue weighted by atomic mass is 35.6. The van der Waals surface area contributed by atoms with Crippen molar-refractivity contribution in [2.75, 3.05) is 0 Å². The van der Waals surface area contributed by atoms with Crippen molar-refractivity contribution in [1.29, 1.82) is 0 Å². The maximum Gasteiger partial charge on any atom is 0.406 e. The molecule has 0 aromatic rings. The molecule has 11 nitrogen and oxygen atoms in total. The second kappa shape index (κ2) is 58.1. The number of hydrogen-bond donors (Lipinski definition) is 3. The van der Waals surface area contributed by atoms with Crippen molar-refractivity contribution in [2.45, 2.75) is 618 Å². The summed E-state index contributed by atoms with van der Waals surface area (Å²) in [4.78, 5) is 0. The zero-order valence-corrected chi connectivity index (χ0v) is 91.9. The van der Waals surface area contributed by atoms with Crippen LogP contribution in [0.3, 0.4) is 0 Å². The molecule has 0 saturated heterocycles. The average molecular weight is 1850 g/mol. The Hall–Kier alpha value is 0.220. The van der Waals surface area contributed by atoms with Gasteiger partial charge in [-0.3, -0.25) is 0 Å². The molecule has 6 bridgehead atoms. The van der Waals surface area contributed by atoms with E-state index in [2.05, 4.69) is 238 Å².